The molecular formula is C13H25N5O. The molecule has 1 fully saturated rings. The van der Waals surface area contributed by atoms with Gasteiger partial charge in [-0.15, -0.1) is 5.10 Å². The number of aromatic nitrogens is 3. The van der Waals surface area contributed by atoms with Gasteiger partial charge in [0.15, 0.2) is 0 Å². The minimum Gasteiger partial charge on any atom is -0.396 e. The van der Waals surface area contributed by atoms with Crippen LogP contribution in [0.4, 0.5) is 0 Å². The van der Waals surface area contributed by atoms with Gasteiger partial charge in [-0.2, -0.15) is 0 Å². The number of rotatable bonds is 8. The van der Waals surface area contributed by atoms with Crippen LogP contribution in [0, 0.1) is 0 Å². The van der Waals surface area contributed by atoms with E-state index in [9.17, 15) is 0 Å². The van der Waals surface area contributed by atoms with Gasteiger partial charge in [0.1, 0.15) is 0 Å². The first kappa shape index (κ1) is 14.4. The van der Waals surface area contributed by atoms with Crippen molar-refractivity contribution in [3.8, 4) is 0 Å². The molecule has 0 spiro atoms. The lowest BCUT2D eigenvalue weighted by Gasteiger charge is -2.23. The predicted molar refractivity (Wildman–Crippen MR) is 73.7 cm³/mol. The van der Waals surface area contributed by atoms with Crippen LogP contribution in [-0.4, -0.2) is 57.3 Å². The SMILES string of the molecule is CC(CNCc1cn(CCCO)nn1)N1CCCC1. The molecule has 6 nitrogen and oxygen atoms in total. The minimum absolute atomic E-state index is 0.195. The van der Waals surface area contributed by atoms with Crippen molar-refractivity contribution in [2.75, 3.05) is 26.2 Å². The predicted octanol–water partition coefficient (Wildman–Crippen LogP) is 0.234. The van der Waals surface area contributed by atoms with Crippen molar-refractivity contribution < 1.29 is 5.11 Å². The number of nitrogens with zero attached hydrogens (tertiary/aromatic N) is 4. The van der Waals surface area contributed by atoms with Crippen LogP contribution in [0.3, 0.4) is 0 Å². The molecule has 0 aliphatic carbocycles. The van der Waals surface area contributed by atoms with Gasteiger partial charge in [0.2, 0.25) is 0 Å². The van der Waals surface area contributed by atoms with E-state index in [1.165, 1.54) is 25.9 Å². The number of aliphatic hydroxyl groups excluding tert-OH is 1. The summed E-state index contributed by atoms with van der Waals surface area (Å²) in [5.41, 5.74) is 0.964. The fourth-order valence-corrected chi connectivity index (χ4v) is 2.48. The van der Waals surface area contributed by atoms with Crippen LogP contribution in [0.2, 0.25) is 0 Å². The van der Waals surface area contributed by atoms with Crippen LogP contribution in [-0.2, 0) is 13.1 Å². The van der Waals surface area contributed by atoms with Gasteiger partial charge in [0.25, 0.3) is 0 Å². The Labute approximate surface area is 114 Å². The Morgan fingerprint density at radius 2 is 2.21 bits per heavy atom. The van der Waals surface area contributed by atoms with Crippen molar-refractivity contribution in [3.63, 3.8) is 0 Å². The van der Waals surface area contributed by atoms with Crippen molar-refractivity contribution >= 4 is 0 Å². The average Bonchev–Trinajstić information content (AvgIpc) is 3.07. The summed E-state index contributed by atoms with van der Waals surface area (Å²) in [7, 11) is 0. The number of hydrogen-bond donors (Lipinski definition) is 2. The van der Waals surface area contributed by atoms with E-state index in [-0.39, 0.29) is 6.61 Å². The van der Waals surface area contributed by atoms with E-state index in [4.69, 9.17) is 5.11 Å². The summed E-state index contributed by atoms with van der Waals surface area (Å²) in [6.45, 7) is 7.42. The second-order valence-electron chi connectivity index (χ2n) is 5.27. The van der Waals surface area contributed by atoms with Gasteiger partial charge in [-0.25, -0.2) is 0 Å². The van der Waals surface area contributed by atoms with E-state index in [1.807, 2.05) is 6.20 Å². The normalized spacial score (nSPS) is 18.0. The highest BCUT2D eigenvalue weighted by Gasteiger charge is 2.17. The van der Waals surface area contributed by atoms with Crippen LogP contribution < -0.4 is 5.32 Å². The molecule has 2 heterocycles. The highest BCUT2D eigenvalue weighted by molar-refractivity contribution is 4.91. The second-order valence-corrected chi connectivity index (χ2v) is 5.27. The third-order valence-corrected chi connectivity index (χ3v) is 3.64. The number of aryl methyl sites for hydroxylation is 1. The molecule has 0 bridgehead atoms. The first-order valence-corrected chi connectivity index (χ1v) is 7.24. The van der Waals surface area contributed by atoms with E-state index in [0.29, 0.717) is 6.04 Å². The summed E-state index contributed by atoms with van der Waals surface area (Å²) in [6.07, 6.45) is 5.35. The van der Waals surface area contributed by atoms with E-state index in [2.05, 4.69) is 27.5 Å². The molecule has 0 aromatic carbocycles. The van der Waals surface area contributed by atoms with Crippen molar-refractivity contribution in [2.45, 2.75) is 45.3 Å². The summed E-state index contributed by atoms with van der Waals surface area (Å²) in [6, 6.07) is 0.590. The first-order valence-electron chi connectivity index (χ1n) is 7.24. The van der Waals surface area contributed by atoms with Gasteiger partial charge in [-0.3, -0.25) is 9.58 Å². The van der Waals surface area contributed by atoms with Gasteiger partial charge in [0.05, 0.1) is 5.69 Å². The molecule has 0 amide bonds. The van der Waals surface area contributed by atoms with Crippen molar-refractivity contribution in [2.24, 2.45) is 0 Å². The molecule has 1 aromatic rings. The van der Waals surface area contributed by atoms with Gasteiger partial charge in [0, 0.05) is 38.5 Å². The fourth-order valence-electron chi connectivity index (χ4n) is 2.48. The smallest absolute Gasteiger partial charge is 0.0964 e. The Morgan fingerprint density at radius 3 is 2.95 bits per heavy atom. The van der Waals surface area contributed by atoms with Gasteiger partial charge in [-0.1, -0.05) is 5.21 Å². The molecular weight excluding hydrogens is 242 g/mol. The maximum atomic E-state index is 8.76. The lowest BCUT2D eigenvalue weighted by Crippen LogP contribution is -2.38. The average molecular weight is 267 g/mol. The molecule has 2 rings (SSSR count). The summed E-state index contributed by atoms with van der Waals surface area (Å²) >= 11 is 0. The molecule has 1 saturated heterocycles. The quantitative estimate of drug-likeness (QED) is 0.706. The third kappa shape index (κ3) is 4.56. The number of aliphatic hydroxyl groups is 1. The van der Waals surface area contributed by atoms with Crippen molar-refractivity contribution in [1.29, 1.82) is 0 Å². The topological polar surface area (TPSA) is 66.2 Å². The van der Waals surface area contributed by atoms with Crippen molar-refractivity contribution in [1.82, 2.24) is 25.2 Å². The van der Waals surface area contributed by atoms with Gasteiger partial charge < -0.3 is 10.4 Å². The lowest BCUT2D eigenvalue weighted by molar-refractivity contribution is 0.251. The van der Waals surface area contributed by atoms with Crippen molar-refractivity contribution in [3.05, 3.63) is 11.9 Å². The summed E-state index contributed by atoms with van der Waals surface area (Å²) < 4.78 is 1.79. The Bertz CT molecular complexity index is 362. The summed E-state index contributed by atoms with van der Waals surface area (Å²) in [4.78, 5) is 2.53. The molecule has 108 valence electrons. The third-order valence-electron chi connectivity index (χ3n) is 3.64. The summed E-state index contributed by atoms with van der Waals surface area (Å²) in [5.74, 6) is 0. The van der Waals surface area contributed by atoms with Crippen LogP contribution in [0.5, 0.6) is 0 Å². The van der Waals surface area contributed by atoms with E-state index in [0.717, 1.165) is 31.7 Å². The molecule has 1 aromatic heterocycles. The zero-order valence-corrected chi connectivity index (χ0v) is 11.8. The van der Waals surface area contributed by atoms with Gasteiger partial charge >= 0.3 is 0 Å². The maximum absolute atomic E-state index is 8.76. The second kappa shape index (κ2) is 7.57. The highest BCUT2D eigenvalue weighted by atomic mass is 16.3. The zero-order valence-electron chi connectivity index (χ0n) is 11.8. The molecule has 0 radical (unpaired) electrons. The molecule has 1 aliphatic heterocycles. The molecule has 0 saturated carbocycles. The maximum Gasteiger partial charge on any atom is 0.0964 e. The highest BCUT2D eigenvalue weighted by Crippen LogP contribution is 2.10. The number of nitrogens with one attached hydrogen (secondary N) is 1. The Kier molecular flexibility index (Phi) is 5.75. The number of hydrogen-bond acceptors (Lipinski definition) is 5. The first-order chi connectivity index (χ1) is 9.29. The number of likely N-dealkylation sites (tertiary alicyclic amines) is 1. The van der Waals surface area contributed by atoms with Crippen LogP contribution in [0.15, 0.2) is 6.20 Å². The summed E-state index contributed by atoms with van der Waals surface area (Å²) in [5, 5.41) is 20.4. The molecule has 1 aliphatic rings. The van der Waals surface area contributed by atoms with E-state index >= 15 is 0 Å². The van der Waals surface area contributed by atoms with Gasteiger partial charge in [-0.05, 0) is 39.3 Å². The van der Waals surface area contributed by atoms with E-state index in [1.54, 1.807) is 4.68 Å². The fraction of sp³-hybridized carbons (Fsp3) is 0.846. The Balaban J connectivity index is 1.65. The standard InChI is InChI=1S/C13H25N5O/c1-12(17-5-2-3-6-17)9-14-10-13-11-18(16-15-13)7-4-8-19/h11-12,14,19H,2-10H2,1H3. The lowest BCUT2D eigenvalue weighted by atomic mass is 10.3. The zero-order chi connectivity index (χ0) is 13.5. The molecule has 1 unspecified atom stereocenters. The monoisotopic (exact) mass is 267 g/mol. The minimum atomic E-state index is 0.195. The molecule has 19 heavy (non-hydrogen) atoms. The van der Waals surface area contributed by atoms with Crippen LogP contribution in [0.25, 0.3) is 0 Å². The Hall–Kier alpha value is -0.980. The molecule has 6 heteroatoms. The van der Waals surface area contributed by atoms with E-state index < -0.39 is 0 Å². The molecule has 2 N–H and O–H groups in total. The largest absolute Gasteiger partial charge is 0.396 e. The van der Waals surface area contributed by atoms with Crippen LogP contribution in [0.1, 0.15) is 31.9 Å². The Morgan fingerprint density at radius 1 is 1.42 bits per heavy atom. The van der Waals surface area contributed by atoms with Crippen LogP contribution >= 0.6 is 0 Å². The molecule has 1 atom stereocenters.